The first kappa shape index (κ1) is 17.5. The zero-order valence-electron chi connectivity index (χ0n) is 13.0. The first-order valence-corrected chi connectivity index (χ1v) is 7.27. The van der Waals surface area contributed by atoms with Crippen LogP contribution in [0.15, 0.2) is 24.3 Å². The Bertz CT molecular complexity index is 419. The summed E-state index contributed by atoms with van der Waals surface area (Å²) in [5.41, 5.74) is 0.271. The van der Waals surface area contributed by atoms with E-state index in [0.29, 0.717) is 18.4 Å². The second-order valence-electron chi connectivity index (χ2n) is 4.96. The summed E-state index contributed by atoms with van der Waals surface area (Å²) in [6.07, 6.45) is 0.919. The highest BCUT2D eigenvalue weighted by atomic mass is 16.5. The monoisotopic (exact) mass is 295 g/mol. The number of carboxylic acid groups (broad SMARTS) is 1. The molecule has 0 fully saturated rings. The number of aromatic carboxylic acids is 1. The van der Waals surface area contributed by atoms with Gasteiger partial charge in [0.1, 0.15) is 5.75 Å². The maximum Gasteiger partial charge on any atom is 0.335 e. The van der Waals surface area contributed by atoms with Crippen molar-refractivity contribution in [2.75, 3.05) is 33.4 Å². The smallest absolute Gasteiger partial charge is 0.335 e. The lowest BCUT2D eigenvalue weighted by Gasteiger charge is -2.27. The van der Waals surface area contributed by atoms with E-state index in [0.717, 1.165) is 26.1 Å². The van der Waals surface area contributed by atoms with Gasteiger partial charge in [-0.2, -0.15) is 0 Å². The molecule has 0 aliphatic rings. The lowest BCUT2D eigenvalue weighted by Crippen LogP contribution is -2.37. The molecule has 1 N–H and O–H groups in total. The normalized spacial score (nSPS) is 12.4. The molecule has 0 spiro atoms. The van der Waals surface area contributed by atoms with Crippen molar-refractivity contribution >= 4 is 5.97 Å². The van der Waals surface area contributed by atoms with Gasteiger partial charge in [0.05, 0.1) is 18.8 Å². The molecule has 21 heavy (non-hydrogen) atoms. The molecular formula is C16H25NO4. The summed E-state index contributed by atoms with van der Waals surface area (Å²) in [5, 5.41) is 8.82. The first-order valence-electron chi connectivity index (χ1n) is 7.27. The highest BCUT2D eigenvalue weighted by molar-refractivity contribution is 5.87. The number of ether oxygens (including phenoxy) is 2. The molecule has 0 bridgehead atoms. The topological polar surface area (TPSA) is 59.0 Å². The zero-order chi connectivity index (χ0) is 15.7. The molecular weight excluding hydrogens is 270 g/mol. The fraction of sp³-hybridized carbons (Fsp3) is 0.562. The number of benzene rings is 1. The van der Waals surface area contributed by atoms with E-state index < -0.39 is 5.97 Å². The summed E-state index contributed by atoms with van der Waals surface area (Å²) in [6.45, 7) is 7.57. The van der Waals surface area contributed by atoms with E-state index in [2.05, 4.69) is 18.7 Å². The predicted octanol–water partition coefficient (Wildman–Crippen LogP) is 2.51. The van der Waals surface area contributed by atoms with Crippen molar-refractivity contribution < 1.29 is 19.4 Å². The lowest BCUT2D eigenvalue weighted by molar-refractivity contribution is 0.0697. The van der Waals surface area contributed by atoms with E-state index in [4.69, 9.17) is 14.6 Å². The number of nitrogens with zero attached hydrogens (tertiary/aromatic N) is 1. The molecule has 5 nitrogen and oxygen atoms in total. The van der Waals surface area contributed by atoms with E-state index >= 15 is 0 Å². The SMILES string of the molecule is CCN(CCCOc1ccc(C(=O)O)cc1)C(C)COC. The fourth-order valence-corrected chi connectivity index (χ4v) is 2.19. The molecule has 118 valence electrons. The Morgan fingerprint density at radius 1 is 1.33 bits per heavy atom. The van der Waals surface area contributed by atoms with Crippen LogP contribution in [-0.4, -0.2) is 55.4 Å². The predicted molar refractivity (Wildman–Crippen MR) is 82.1 cm³/mol. The van der Waals surface area contributed by atoms with Crippen LogP contribution in [0.2, 0.25) is 0 Å². The third kappa shape index (κ3) is 6.14. The Morgan fingerprint density at radius 3 is 2.52 bits per heavy atom. The molecule has 0 radical (unpaired) electrons. The number of carbonyl (C=O) groups is 1. The van der Waals surface area contributed by atoms with Crippen LogP contribution in [0.5, 0.6) is 5.75 Å². The second kappa shape index (κ2) is 9.37. The van der Waals surface area contributed by atoms with Crippen LogP contribution in [0.3, 0.4) is 0 Å². The highest BCUT2D eigenvalue weighted by Crippen LogP contribution is 2.12. The Hall–Kier alpha value is -1.59. The van der Waals surface area contributed by atoms with Crippen LogP contribution in [0, 0.1) is 0 Å². The van der Waals surface area contributed by atoms with Crippen LogP contribution in [0.25, 0.3) is 0 Å². The quantitative estimate of drug-likeness (QED) is 0.672. The maximum atomic E-state index is 10.7. The van der Waals surface area contributed by atoms with Gasteiger partial charge in [0.15, 0.2) is 0 Å². The highest BCUT2D eigenvalue weighted by Gasteiger charge is 2.11. The number of hydrogen-bond acceptors (Lipinski definition) is 4. The average Bonchev–Trinajstić information content (AvgIpc) is 2.48. The van der Waals surface area contributed by atoms with Crippen molar-refractivity contribution in [2.45, 2.75) is 26.3 Å². The summed E-state index contributed by atoms with van der Waals surface area (Å²) in [5.74, 6) is -0.222. The number of carboxylic acids is 1. The van der Waals surface area contributed by atoms with Gasteiger partial charge in [-0.1, -0.05) is 6.92 Å². The largest absolute Gasteiger partial charge is 0.494 e. The standard InChI is InChI=1S/C16H25NO4/c1-4-17(13(2)12-20-3)10-5-11-21-15-8-6-14(7-9-15)16(18)19/h6-9,13H,4-5,10-12H2,1-3H3,(H,18,19). The maximum absolute atomic E-state index is 10.7. The lowest BCUT2D eigenvalue weighted by atomic mass is 10.2. The Balaban J connectivity index is 2.31. The molecule has 1 aromatic carbocycles. The second-order valence-corrected chi connectivity index (χ2v) is 4.96. The Kier molecular flexibility index (Phi) is 7.79. The summed E-state index contributed by atoms with van der Waals surface area (Å²) >= 11 is 0. The van der Waals surface area contributed by atoms with Gasteiger partial charge in [0.25, 0.3) is 0 Å². The van der Waals surface area contributed by atoms with E-state index in [9.17, 15) is 4.79 Å². The molecule has 0 aromatic heterocycles. The minimum atomic E-state index is -0.924. The molecule has 5 heteroatoms. The van der Waals surface area contributed by atoms with Crippen molar-refractivity contribution in [1.82, 2.24) is 4.90 Å². The minimum Gasteiger partial charge on any atom is -0.494 e. The molecule has 0 saturated carbocycles. The number of likely N-dealkylation sites (N-methyl/N-ethyl adjacent to an activating group) is 1. The zero-order valence-corrected chi connectivity index (χ0v) is 13.0. The van der Waals surface area contributed by atoms with E-state index in [1.165, 1.54) is 0 Å². The van der Waals surface area contributed by atoms with Gasteiger partial charge in [-0.25, -0.2) is 4.79 Å². The average molecular weight is 295 g/mol. The van der Waals surface area contributed by atoms with Crippen LogP contribution >= 0.6 is 0 Å². The molecule has 0 amide bonds. The van der Waals surface area contributed by atoms with E-state index in [1.807, 2.05) is 0 Å². The third-order valence-corrected chi connectivity index (χ3v) is 3.40. The van der Waals surface area contributed by atoms with Gasteiger partial charge < -0.3 is 14.6 Å². The van der Waals surface area contributed by atoms with Crippen LogP contribution in [0.1, 0.15) is 30.6 Å². The van der Waals surface area contributed by atoms with Gasteiger partial charge in [-0.15, -0.1) is 0 Å². The van der Waals surface area contributed by atoms with Crippen molar-refractivity contribution in [2.24, 2.45) is 0 Å². The third-order valence-electron chi connectivity index (χ3n) is 3.40. The number of methoxy groups -OCH3 is 1. The number of rotatable bonds is 10. The van der Waals surface area contributed by atoms with Crippen molar-refractivity contribution in [3.8, 4) is 5.75 Å². The number of hydrogen-bond donors (Lipinski definition) is 1. The van der Waals surface area contributed by atoms with Gasteiger partial charge in [0.2, 0.25) is 0 Å². The van der Waals surface area contributed by atoms with E-state index in [-0.39, 0.29) is 5.56 Å². The van der Waals surface area contributed by atoms with Gasteiger partial charge in [-0.05, 0) is 44.2 Å². The van der Waals surface area contributed by atoms with Crippen molar-refractivity contribution in [3.05, 3.63) is 29.8 Å². The van der Waals surface area contributed by atoms with Crippen LogP contribution in [-0.2, 0) is 4.74 Å². The molecule has 0 aliphatic carbocycles. The molecule has 0 saturated heterocycles. The molecule has 1 rings (SSSR count). The molecule has 0 heterocycles. The molecule has 0 aliphatic heterocycles. The van der Waals surface area contributed by atoms with Gasteiger partial charge >= 0.3 is 5.97 Å². The van der Waals surface area contributed by atoms with Crippen molar-refractivity contribution in [3.63, 3.8) is 0 Å². The molecule has 1 aromatic rings. The Labute approximate surface area is 126 Å². The molecule has 1 atom stereocenters. The summed E-state index contributed by atoms with van der Waals surface area (Å²) in [6, 6.07) is 6.88. The van der Waals surface area contributed by atoms with Crippen molar-refractivity contribution in [1.29, 1.82) is 0 Å². The summed E-state index contributed by atoms with van der Waals surface area (Å²) in [4.78, 5) is 13.1. The summed E-state index contributed by atoms with van der Waals surface area (Å²) < 4.78 is 10.8. The molecule has 1 unspecified atom stereocenters. The van der Waals surface area contributed by atoms with Gasteiger partial charge in [0, 0.05) is 19.7 Å². The van der Waals surface area contributed by atoms with E-state index in [1.54, 1.807) is 31.4 Å². The Morgan fingerprint density at radius 2 is 2.00 bits per heavy atom. The minimum absolute atomic E-state index is 0.271. The van der Waals surface area contributed by atoms with Gasteiger partial charge in [-0.3, -0.25) is 4.90 Å². The first-order chi connectivity index (χ1) is 10.1. The fourth-order valence-electron chi connectivity index (χ4n) is 2.19. The van der Waals surface area contributed by atoms with Crippen LogP contribution in [0.4, 0.5) is 0 Å². The van der Waals surface area contributed by atoms with Crippen LogP contribution < -0.4 is 4.74 Å². The summed E-state index contributed by atoms with van der Waals surface area (Å²) in [7, 11) is 1.72.